The Balaban J connectivity index is 2.82. The molecular weight excluding hydrogens is 250 g/mol. The summed E-state index contributed by atoms with van der Waals surface area (Å²) in [5, 5.41) is 8.76. The lowest BCUT2D eigenvalue weighted by atomic mass is 10.1. The van der Waals surface area contributed by atoms with Crippen LogP contribution in [0, 0.1) is 17.8 Å². The van der Waals surface area contributed by atoms with Gasteiger partial charge in [0.1, 0.15) is 0 Å². The molecule has 20 heavy (non-hydrogen) atoms. The number of aliphatic hydroxyl groups is 1. The third-order valence-electron chi connectivity index (χ3n) is 3.29. The Hall–Kier alpha value is -1.79. The molecule has 0 radical (unpaired) electrons. The first-order valence-electron chi connectivity index (χ1n) is 7.02. The van der Waals surface area contributed by atoms with Gasteiger partial charge < -0.3 is 10.0 Å². The average molecular weight is 273 g/mol. The first-order valence-corrected chi connectivity index (χ1v) is 7.02. The van der Waals surface area contributed by atoms with Crippen molar-refractivity contribution in [3.05, 3.63) is 35.4 Å². The molecule has 1 amide bonds. The number of rotatable bonds is 5. The van der Waals surface area contributed by atoms with Crippen LogP contribution in [0.2, 0.25) is 0 Å². The van der Waals surface area contributed by atoms with E-state index in [-0.39, 0.29) is 18.4 Å². The van der Waals surface area contributed by atoms with Crippen LogP contribution in [-0.2, 0) is 11.3 Å². The number of amides is 1. The molecule has 1 atom stereocenters. The van der Waals surface area contributed by atoms with E-state index in [0.29, 0.717) is 13.0 Å². The number of carbonyl (C=O) groups is 1. The van der Waals surface area contributed by atoms with E-state index < -0.39 is 0 Å². The zero-order chi connectivity index (χ0) is 15.0. The average Bonchev–Trinajstić information content (AvgIpc) is 2.47. The van der Waals surface area contributed by atoms with Gasteiger partial charge in [-0.1, -0.05) is 43.9 Å². The minimum atomic E-state index is 0.0487. The number of nitrogens with zero attached hydrogens (tertiary/aromatic N) is 1. The Kier molecular flexibility index (Phi) is 6.83. The number of benzene rings is 1. The number of carbonyl (C=O) groups excluding carboxylic acids is 1. The van der Waals surface area contributed by atoms with Gasteiger partial charge in [0, 0.05) is 31.5 Å². The van der Waals surface area contributed by atoms with Gasteiger partial charge in [0.15, 0.2) is 0 Å². The van der Waals surface area contributed by atoms with Crippen LogP contribution in [0.1, 0.15) is 37.8 Å². The van der Waals surface area contributed by atoms with E-state index in [0.717, 1.165) is 17.5 Å². The van der Waals surface area contributed by atoms with Crippen LogP contribution < -0.4 is 0 Å². The standard InChI is InChI=1S/C17H23NO2/c1-4-14(2)17(20)18(3)13-16-11-6-5-9-15(16)10-7-8-12-19/h5-6,9,11,14,19H,4,8,12-13H2,1-3H3. The Morgan fingerprint density at radius 3 is 2.75 bits per heavy atom. The van der Waals surface area contributed by atoms with Gasteiger partial charge in [-0.05, 0) is 18.1 Å². The smallest absolute Gasteiger partial charge is 0.225 e. The summed E-state index contributed by atoms with van der Waals surface area (Å²) in [5.41, 5.74) is 1.96. The predicted molar refractivity (Wildman–Crippen MR) is 81.0 cm³/mol. The SMILES string of the molecule is CCC(C)C(=O)N(C)Cc1ccccc1C#CCCO. The molecule has 1 unspecified atom stereocenters. The van der Waals surface area contributed by atoms with Gasteiger partial charge in [-0.2, -0.15) is 0 Å². The second kappa shape index (κ2) is 8.39. The molecule has 1 N–H and O–H groups in total. The summed E-state index contributed by atoms with van der Waals surface area (Å²) >= 11 is 0. The zero-order valence-corrected chi connectivity index (χ0v) is 12.5. The summed E-state index contributed by atoms with van der Waals surface area (Å²) < 4.78 is 0. The van der Waals surface area contributed by atoms with Crippen molar-refractivity contribution < 1.29 is 9.90 Å². The molecule has 0 saturated heterocycles. The number of aliphatic hydroxyl groups excluding tert-OH is 1. The van der Waals surface area contributed by atoms with Crippen LogP contribution in [-0.4, -0.2) is 29.6 Å². The third kappa shape index (κ3) is 4.71. The maximum atomic E-state index is 12.1. The predicted octanol–water partition coefficient (Wildman–Crippen LogP) is 2.43. The molecule has 0 aromatic heterocycles. The van der Waals surface area contributed by atoms with E-state index in [4.69, 9.17) is 5.11 Å². The van der Waals surface area contributed by atoms with Gasteiger partial charge in [0.25, 0.3) is 0 Å². The molecule has 0 fully saturated rings. The molecule has 108 valence electrons. The molecule has 0 aliphatic carbocycles. The summed E-state index contributed by atoms with van der Waals surface area (Å²) in [4.78, 5) is 13.9. The zero-order valence-electron chi connectivity index (χ0n) is 12.5. The van der Waals surface area contributed by atoms with E-state index in [9.17, 15) is 4.79 Å². The first kappa shape index (κ1) is 16.3. The Bertz CT molecular complexity index is 499. The van der Waals surface area contributed by atoms with Gasteiger partial charge in [-0.3, -0.25) is 4.79 Å². The highest BCUT2D eigenvalue weighted by molar-refractivity contribution is 5.78. The molecule has 0 bridgehead atoms. The van der Waals surface area contributed by atoms with E-state index in [1.807, 2.05) is 45.2 Å². The van der Waals surface area contributed by atoms with Gasteiger partial charge >= 0.3 is 0 Å². The van der Waals surface area contributed by atoms with Gasteiger partial charge in [0.05, 0.1) is 6.61 Å². The highest BCUT2D eigenvalue weighted by Crippen LogP contribution is 2.13. The van der Waals surface area contributed by atoms with E-state index in [1.165, 1.54) is 0 Å². The van der Waals surface area contributed by atoms with Crippen molar-refractivity contribution in [1.82, 2.24) is 4.90 Å². The molecular formula is C17H23NO2. The Morgan fingerprint density at radius 2 is 2.10 bits per heavy atom. The summed E-state index contributed by atoms with van der Waals surface area (Å²) in [6.07, 6.45) is 1.32. The highest BCUT2D eigenvalue weighted by Gasteiger charge is 2.16. The van der Waals surface area contributed by atoms with Crippen LogP contribution >= 0.6 is 0 Å². The van der Waals surface area contributed by atoms with Gasteiger partial charge in [-0.15, -0.1) is 0 Å². The Labute approximate surface area is 121 Å². The second-order valence-electron chi connectivity index (χ2n) is 4.94. The third-order valence-corrected chi connectivity index (χ3v) is 3.29. The van der Waals surface area contributed by atoms with Crippen molar-refractivity contribution in [2.45, 2.75) is 33.2 Å². The molecule has 0 spiro atoms. The van der Waals surface area contributed by atoms with Crippen LogP contribution in [0.5, 0.6) is 0 Å². The molecule has 0 saturated carbocycles. The van der Waals surface area contributed by atoms with Crippen LogP contribution in [0.3, 0.4) is 0 Å². The molecule has 0 aliphatic rings. The molecule has 0 heterocycles. The topological polar surface area (TPSA) is 40.5 Å². The van der Waals surface area contributed by atoms with Crippen molar-refractivity contribution in [3.8, 4) is 11.8 Å². The Morgan fingerprint density at radius 1 is 1.40 bits per heavy atom. The second-order valence-corrected chi connectivity index (χ2v) is 4.94. The van der Waals surface area contributed by atoms with Crippen molar-refractivity contribution in [3.63, 3.8) is 0 Å². The van der Waals surface area contributed by atoms with Crippen LogP contribution in [0.25, 0.3) is 0 Å². The molecule has 0 aliphatic heterocycles. The minimum Gasteiger partial charge on any atom is -0.395 e. The highest BCUT2D eigenvalue weighted by atomic mass is 16.2. The quantitative estimate of drug-likeness (QED) is 0.837. The fourth-order valence-corrected chi connectivity index (χ4v) is 1.88. The fourth-order valence-electron chi connectivity index (χ4n) is 1.88. The van der Waals surface area contributed by atoms with E-state index in [1.54, 1.807) is 4.90 Å². The first-order chi connectivity index (χ1) is 9.60. The van der Waals surface area contributed by atoms with Crippen molar-refractivity contribution in [1.29, 1.82) is 0 Å². The molecule has 1 aromatic carbocycles. The lowest BCUT2D eigenvalue weighted by Gasteiger charge is -2.21. The summed E-state index contributed by atoms with van der Waals surface area (Å²) in [6, 6.07) is 7.82. The maximum absolute atomic E-state index is 12.1. The van der Waals surface area contributed by atoms with Crippen LogP contribution in [0.4, 0.5) is 0 Å². The normalized spacial score (nSPS) is 11.4. The van der Waals surface area contributed by atoms with Crippen molar-refractivity contribution in [2.24, 2.45) is 5.92 Å². The molecule has 3 nitrogen and oxygen atoms in total. The van der Waals surface area contributed by atoms with E-state index >= 15 is 0 Å². The van der Waals surface area contributed by atoms with Crippen molar-refractivity contribution >= 4 is 5.91 Å². The summed E-state index contributed by atoms with van der Waals surface area (Å²) in [7, 11) is 1.83. The molecule has 1 rings (SSSR count). The van der Waals surface area contributed by atoms with Crippen LogP contribution in [0.15, 0.2) is 24.3 Å². The fraction of sp³-hybridized carbons (Fsp3) is 0.471. The van der Waals surface area contributed by atoms with Gasteiger partial charge in [-0.25, -0.2) is 0 Å². The molecule has 1 aromatic rings. The lowest BCUT2D eigenvalue weighted by molar-refractivity contribution is -0.134. The monoisotopic (exact) mass is 273 g/mol. The maximum Gasteiger partial charge on any atom is 0.225 e. The lowest BCUT2D eigenvalue weighted by Crippen LogP contribution is -2.31. The largest absolute Gasteiger partial charge is 0.395 e. The van der Waals surface area contributed by atoms with Gasteiger partial charge in [0.2, 0.25) is 5.91 Å². The van der Waals surface area contributed by atoms with Crippen molar-refractivity contribution in [2.75, 3.05) is 13.7 Å². The summed E-state index contributed by atoms with van der Waals surface area (Å²) in [5.74, 6) is 6.19. The minimum absolute atomic E-state index is 0.0487. The summed E-state index contributed by atoms with van der Waals surface area (Å²) in [6.45, 7) is 4.60. The molecule has 3 heteroatoms. The van der Waals surface area contributed by atoms with E-state index in [2.05, 4.69) is 11.8 Å². The number of hydrogen-bond donors (Lipinski definition) is 1. The number of hydrogen-bond acceptors (Lipinski definition) is 2.